The second-order valence-electron chi connectivity index (χ2n) is 7.05. The molecule has 2 aromatic carbocycles. The molecule has 1 heterocycles. The third kappa shape index (κ3) is 4.55. The minimum Gasteiger partial charge on any atom is -0.492 e. The quantitative estimate of drug-likeness (QED) is 0.583. The Labute approximate surface area is 165 Å². The molecule has 1 N–H and O–H groups in total. The Balaban J connectivity index is 1.78. The van der Waals surface area contributed by atoms with E-state index < -0.39 is 0 Å². The van der Waals surface area contributed by atoms with Crippen molar-refractivity contribution in [2.24, 2.45) is 0 Å². The van der Waals surface area contributed by atoms with Crippen LogP contribution in [0.1, 0.15) is 30.5 Å². The highest BCUT2D eigenvalue weighted by Crippen LogP contribution is 2.41. The summed E-state index contributed by atoms with van der Waals surface area (Å²) >= 11 is 0. The summed E-state index contributed by atoms with van der Waals surface area (Å²) in [5.41, 5.74) is 3.49. The largest absolute Gasteiger partial charge is 0.492 e. The molecular formula is C23H25NO4. The maximum Gasteiger partial charge on any atom is 0.330 e. The van der Waals surface area contributed by atoms with Gasteiger partial charge in [0.25, 0.3) is 0 Å². The maximum atomic E-state index is 11.3. The Hall–Kier alpha value is -3.21. The number of ether oxygens (including phenoxy) is 3. The lowest BCUT2D eigenvalue weighted by molar-refractivity contribution is -0.134. The van der Waals surface area contributed by atoms with Gasteiger partial charge in [-0.3, -0.25) is 0 Å². The van der Waals surface area contributed by atoms with Crippen molar-refractivity contribution in [3.05, 3.63) is 65.2 Å². The maximum absolute atomic E-state index is 11.3. The highest BCUT2D eigenvalue weighted by atomic mass is 16.5. The van der Waals surface area contributed by atoms with Crippen molar-refractivity contribution in [1.82, 2.24) is 0 Å². The van der Waals surface area contributed by atoms with Crippen molar-refractivity contribution in [1.29, 1.82) is 0 Å². The van der Waals surface area contributed by atoms with Gasteiger partial charge in [0.2, 0.25) is 0 Å². The van der Waals surface area contributed by atoms with E-state index in [2.05, 4.69) is 16.1 Å². The number of anilines is 1. The molecule has 5 nitrogen and oxygen atoms in total. The van der Waals surface area contributed by atoms with Gasteiger partial charge in [0.05, 0.1) is 14.2 Å². The summed E-state index contributed by atoms with van der Waals surface area (Å²) in [7, 11) is 3.02. The summed E-state index contributed by atoms with van der Waals surface area (Å²) in [6.45, 7) is 4.61. The molecule has 146 valence electrons. The Kier molecular flexibility index (Phi) is 5.73. The zero-order valence-corrected chi connectivity index (χ0v) is 16.6. The average molecular weight is 379 g/mol. The van der Waals surface area contributed by atoms with Gasteiger partial charge in [-0.15, -0.1) is 0 Å². The molecule has 1 aliphatic heterocycles. The topological polar surface area (TPSA) is 56.8 Å². The van der Waals surface area contributed by atoms with Crippen LogP contribution >= 0.6 is 0 Å². The molecule has 0 saturated carbocycles. The number of esters is 1. The molecule has 1 aliphatic rings. The fraction of sp³-hybridized carbons (Fsp3) is 0.261. The van der Waals surface area contributed by atoms with Crippen molar-refractivity contribution in [3.8, 4) is 11.5 Å². The number of hydrogen-bond acceptors (Lipinski definition) is 5. The minimum atomic E-state index is -0.380. The molecular weight excluding hydrogens is 354 g/mol. The first-order valence-electron chi connectivity index (χ1n) is 9.10. The van der Waals surface area contributed by atoms with Gasteiger partial charge in [0, 0.05) is 29.4 Å². The summed E-state index contributed by atoms with van der Waals surface area (Å²) < 4.78 is 16.4. The average Bonchev–Trinajstić information content (AvgIpc) is 2.69. The van der Waals surface area contributed by atoms with Gasteiger partial charge in [0.1, 0.15) is 5.60 Å². The lowest BCUT2D eigenvalue weighted by Crippen LogP contribution is -2.28. The number of carbonyl (C=O) groups excluding carboxylic acids is 1. The Morgan fingerprint density at radius 1 is 1.21 bits per heavy atom. The first-order valence-corrected chi connectivity index (χ1v) is 9.10. The van der Waals surface area contributed by atoms with Crippen molar-refractivity contribution in [2.45, 2.75) is 26.0 Å². The number of nitrogens with one attached hydrogen (secondary N) is 1. The van der Waals surface area contributed by atoms with Crippen LogP contribution in [0.15, 0.2) is 48.6 Å². The molecule has 0 bridgehead atoms. The fourth-order valence-electron chi connectivity index (χ4n) is 2.99. The zero-order valence-electron chi connectivity index (χ0n) is 16.6. The second kappa shape index (κ2) is 8.21. The molecule has 3 rings (SSSR count). The molecule has 0 saturated heterocycles. The van der Waals surface area contributed by atoms with E-state index in [9.17, 15) is 4.79 Å². The van der Waals surface area contributed by atoms with Gasteiger partial charge in [-0.1, -0.05) is 30.3 Å². The molecule has 2 aromatic rings. The molecule has 0 fully saturated rings. The van der Waals surface area contributed by atoms with Crippen LogP contribution in [0.25, 0.3) is 12.2 Å². The highest BCUT2D eigenvalue weighted by molar-refractivity contribution is 5.87. The summed E-state index contributed by atoms with van der Waals surface area (Å²) in [4.78, 5) is 11.3. The van der Waals surface area contributed by atoms with E-state index in [1.807, 2.05) is 56.3 Å². The third-order valence-electron chi connectivity index (χ3n) is 4.44. The number of rotatable bonds is 6. The SMILES string of the molecule is COC(=O)C=Cc1cccc(NCc2ccc3c(c2OC)OC(C)(C)C=C3)c1. The standard InChI is InChI=1S/C23H25NO4/c1-23(2)13-12-17-9-10-18(21(27-4)22(17)28-23)15-24-19-7-5-6-16(14-19)8-11-20(25)26-3/h5-14,24H,15H2,1-4H3. The first-order chi connectivity index (χ1) is 13.4. The molecule has 0 atom stereocenters. The van der Waals surface area contributed by atoms with Crippen LogP contribution in [0.5, 0.6) is 11.5 Å². The van der Waals surface area contributed by atoms with E-state index in [0.29, 0.717) is 6.54 Å². The normalized spacial score (nSPS) is 14.3. The Bertz CT molecular complexity index is 928. The van der Waals surface area contributed by atoms with Gasteiger partial charge < -0.3 is 19.5 Å². The second-order valence-corrected chi connectivity index (χ2v) is 7.05. The van der Waals surface area contributed by atoms with E-state index in [0.717, 1.165) is 33.9 Å². The van der Waals surface area contributed by atoms with Crippen molar-refractivity contribution >= 4 is 23.8 Å². The number of benzene rings is 2. The van der Waals surface area contributed by atoms with E-state index in [-0.39, 0.29) is 11.6 Å². The number of methoxy groups -OCH3 is 2. The van der Waals surface area contributed by atoms with Crippen LogP contribution < -0.4 is 14.8 Å². The molecule has 28 heavy (non-hydrogen) atoms. The van der Waals surface area contributed by atoms with Gasteiger partial charge in [-0.25, -0.2) is 4.79 Å². The summed E-state index contributed by atoms with van der Waals surface area (Å²) in [6.07, 6.45) is 7.23. The number of fused-ring (bicyclic) bond motifs is 1. The van der Waals surface area contributed by atoms with Crippen molar-refractivity contribution < 1.29 is 19.0 Å². The predicted octanol–water partition coefficient (Wildman–Crippen LogP) is 4.68. The number of carbonyl (C=O) groups is 1. The van der Waals surface area contributed by atoms with Crippen molar-refractivity contribution in [2.75, 3.05) is 19.5 Å². The van der Waals surface area contributed by atoms with Crippen LogP contribution in [0.4, 0.5) is 5.69 Å². The van der Waals surface area contributed by atoms with Crippen molar-refractivity contribution in [3.63, 3.8) is 0 Å². The van der Waals surface area contributed by atoms with E-state index >= 15 is 0 Å². The van der Waals surface area contributed by atoms with Gasteiger partial charge in [0.15, 0.2) is 11.5 Å². The number of hydrogen-bond donors (Lipinski definition) is 1. The minimum absolute atomic E-state index is 0.368. The Morgan fingerprint density at radius 2 is 2.04 bits per heavy atom. The molecule has 0 amide bonds. The molecule has 0 radical (unpaired) electrons. The van der Waals surface area contributed by atoms with Crippen LogP contribution in [-0.2, 0) is 16.1 Å². The predicted molar refractivity (Wildman–Crippen MR) is 112 cm³/mol. The summed E-state index contributed by atoms with van der Waals surface area (Å²) in [6, 6.07) is 11.9. The molecule has 0 spiro atoms. The van der Waals surface area contributed by atoms with Crippen LogP contribution in [-0.4, -0.2) is 25.8 Å². The van der Waals surface area contributed by atoms with E-state index in [1.165, 1.54) is 13.2 Å². The van der Waals surface area contributed by atoms with Crippen LogP contribution in [0, 0.1) is 0 Å². The van der Waals surface area contributed by atoms with Gasteiger partial charge in [-0.05, 0) is 43.7 Å². The zero-order chi connectivity index (χ0) is 20.1. The lowest BCUT2D eigenvalue weighted by Gasteiger charge is -2.29. The molecule has 5 heteroatoms. The lowest BCUT2D eigenvalue weighted by atomic mass is 10.00. The van der Waals surface area contributed by atoms with E-state index in [1.54, 1.807) is 13.2 Å². The highest BCUT2D eigenvalue weighted by Gasteiger charge is 2.25. The van der Waals surface area contributed by atoms with E-state index in [4.69, 9.17) is 9.47 Å². The summed E-state index contributed by atoms with van der Waals surface area (Å²) in [5.74, 6) is 1.13. The summed E-state index contributed by atoms with van der Waals surface area (Å²) in [5, 5.41) is 3.40. The molecule has 0 aliphatic carbocycles. The molecule has 0 aromatic heterocycles. The van der Waals surface area contributed by atoms with Crippen LogP contribution in [0.2, 0.25) is 0 Å². The monoisotopic (exact) mass is 379 g/mol. The van der Waals surface area contributed by atoms with Gasteiger partial charge >= 0.3 is 5.97 Å². The molecule has 0 unspecified atom stereocenters. The smallest absolute Gasteiger partial charge is 0.330 e. The fourth-order valence-corrected chi connectivity index (χ4v) is 2.99. The third-order valence-corrected chi connectivity index (χ3v) is 4.44. The van der Waals surface area contributed by atoms with Crippen LogP contribution in [0.3, 0.4) is 0 Å². The Morgan fingerprint density at radius 3 is 2.79 bits per heavy atom. The van der Waals surface area contributed by atoms with Gasteiger partial charge in [-0.2, -0.15) is 0 Å². The first kappa shape index (κ1) is 19.5.